The van der Waals surface area contributed by atoms with Crippen LogP contribution < -0.4 is 5.43 Å². The molecule has 0 aliphatic carbocycles. The van der Waals surface area contributed by atoms with Gasteiger partial charge in [0.1, 0.15) is 0 Å². The van der Waals surface area contributed by atoms with Crippen molar-refractivity contribution < 1.29 is 4.79 Å². The van der Waals surface area contributed by atoms with E-state index < -0.39 is 0 Å². The summed E-state index contributed by atoms with van der Waals surface area (Å²) in [7, 11) is 0. The Bertz CT molecular complexity index is 1020. The number of nitrogens with one attached hydrogen (secondary N) is 1. The molecule has 0 fully saturated rings. The molecule has 4 aromatic rings. The monoisotopic (exact) mass is 336 g/mol. The molecule has 0 radical (unpaired) electrons. The Balaban J connectivity index is 1.63. The van der Waals surface area contributed by atoms with Crippen molar-refractivity contribution in [1.82, 2.24) is 24.6 Å². The van der Waals surface area contributed by atoms with Gasteiger partial charge in [0.05, 0.1) is 23.0 Å². The number of amides is 1. The number of carbonyl (C=O) groups is 1. The Morgan fingerprint density at radius 2 is 2.12 bits per heavy atom. The van der Waals surface area contributed by atoms with Gasteiger partial charge in [-0.1, -0.05) is 0 Å². The molecule has 24 heavy (non-hydrogen) atoms. The normalized spacial score (nSPS) is 10.9. The highest BCUT2D eigenvalue weighted by Gasteiger charge is 2.14. The summed E-state index contributed by atoms with van der Waals surface area (Å²) in [6, 6.07) is 3.79. The second kappa shape index (κ2) is 5.82. The molecular weight excluding hydrogens is 324 g/mol. The molecule has 4 aromatic heterocycles. The van der Waals surface area contributed by atoms with E-state index in [9.17, 15) is 4.79 Å². The topological polar surface area (TPSA) is 85.6 Å². The fourth-order valence-electron chi connectivity index (χ4n) is 2.37. The smallest absolute Gasteiger partial charge is 0.267 e. The van der Waals surface area contributed by atoms with Gasteiger partial charge in [-0.2, -0.15) is 0 Å². The maximum Gasteiger partial charge on any atom is 0.273 e. The summed E-state index contributed by atoms with van der Waals surface area (Å²) in [5, 5.41) is 3.59. The second-order valence-corrected chi connectivity index (χ2v) is 5.99. The minimum atomic E-state index is -0.278. The summed E-state index contributed by atoms with van der Waals surface area (Å²) < 4.78 is 1.64. The largest absolute Gasteiger partial charge is 0.273 e. The highest BCUT2D eigenvalue weighted by atomic mass is 32.1. The van der Waals surface area contributed by atoms with Crippen LogP contribution in [0.1, 0.15) is 16.1 Å². The summed E-state index contributed by atoms with van der Waals surface area (Å²) in [6.07, 6.45) is 8.42. The van der Waals surface area contributed by atoms with E-state index in [1.165, 1.54) is 17.5 Å². The van der Waals surface area contributed by atoms with Crippen LogP contribution in [0.3, 0.4) is 0 Å². The molecule has 0 aliphatic rings. The zero-order chi connectivity index (χ0) is 16.5. The van der Waals surface area contributed by atoms with Gasteiger partial charge < -0.3 is 0 Å². The lowest BCUT2D eigenvalue weighted by Crippen LogP contribution is -2.23. The van der Waals surface area contributed by atoms with E-state index in [0.717, 1.165) is 15.9 Å². The number of nitrogens with zero attached hydrogens (tertiary/aromatic N) is 5. The van der Waals surface area contributed by atoms with E-state index >= 15 is 0 Å². The maximum atomic E-state index is 12.5. The lowest BCUT2D eigenvalue weighted by molar-refractivity contribution is 0.101. The summed E-state index contributed by atoms with van der Waals surface area (Å²) in [6.45, 7) is 1.78. The Labute approximate surface area is 141 Å². The summed E-state index contributed by atoms with van der Waals surface area (Å²) in [5.41, 5.74) is 4.66. The SMILES string of the molecule is Cc1nc(-c2nccs2)ncc1C(=O)Nn1ccc2ccncc21. The Hall–Kier alpha value is -3.13. The van der Waals surface area contributed by atoms with Crippen molar-refractivity contribution in [2.24, 2.45) is 0 Å². The highest BCUT2D eigenvalue weighted by molar-refractivity contribution is 7.12. The standard InChI is InChI=1S/C16H12N6OS/c1-10-12(8-19-14(20-10)16-18-5-7-24-16)15(23)21-22-6-3-11-2-4-17-9-13(11)22/h2-9H,1H3,(H,21,23). The molecule has 0 atom stereocenters. The van der Waals surface area contributed by atoms with Crippen molar-refractivity contribution in [3.8, 4) is 10.8 Å². The molecule has 118 valence electrons. The first kappa shape index (κ1) is 14.5. The zero-order valence-electron chi connectivity index (χ0n) is 12.7. The molecule has 7 nitrogen and oxygen atoms in total. The van der Waals surface area contributed by atoms with Gasteiger partial charge in [0.2, 0.25) is 0 Å². The molecule has 8 heteroatoms. The fraction of sp³-hybridized carbons (Fsp3) is 0.0625. The lowest BCUT2D eigenvalue weighted by atomic mass is 10.2. The highest BCUT2D eigenvalue weighted by Crippen LogP contribution is 2.19. The third-order valence-corrected chi connectivity index (χ3v) is 4.33. The van der Waals surface area contributed by atoms with Crippen LogP contribution in [-0.2, 0) is 0 Å². The van der Waals surface area contributed by atoms with Crippen LogP contribution in [0.4, 0.5) is 0 Å². The van der Waals surface area contributed by atoms with Gasteiger partial charge in [-0.25, -0.2) is 15.0 Å². The predicted octanol–water partition coefficient (Wildman–Crippen LogP) is 2.64. The number of rotatable bonds is 3. The Morgan fingerprint density at radius 1 is 1.21 bits per heavy atom. The van der Waals surface area contributed by atoms with Gasteiger partial charge in [-0.15, -0.1) is 11.3 Å². The van der Waals surface area contributed by atoms with Gasteiger partial charge in [0.25, 0.3) is 5.91 Å². The number of hydrogen-bond acceptors (Lipinski definition) is 6. The number of hydrogen-bond donors (Lipinski definition) is 1. The average molecular weight is 336 g/mol. The summed E-state index contributed by atoms with van der Waals surface area (Å²) in [5.74, 6) is 0.245. The fourth-order valence-corrected chi connectivity index (χ4v) is 2.94. The van der Waals surface area contributed by atoms with Crippen molar-refractivity contribution in [2.45, 2.75) is 6.92 Å². The molecule has 1 N–H and O–H groups in total. The first-order chi connectivity index (χ1) is 11.7. The molecule has 0 aromatic carbocycles. The maximum absolute atomic E-state index is 12.5. The minimum Gasteiger partial charge on any atom is -0.267 e. The summed E-state index contributed by atoms with van der Waals surface area (Å²) >= 11 is 1.46. The molecule has 0 bridgehead atoms. The molecule has 0 saturated carbocycles. The van der Waals surface area contributed by atoms with E-state index in [-0.39, 0.29) is 5.91 Å². The molecule has 0 spiro atoms. The minimum absolute atomic E-state index is 0.278. The van der Waals surface area contributed by atoms with E-state index in [1.54, 1.807) is 36.4 Å². The quantitative estimate of drug-likeness (QED) is 0.621. The van der Waals surface area contributed by atoms with Crippen molar-refractivity contribution >= 4 is 28.1 Å². The zero-order valence-corrected chi connectivity index (χ0v) is 13.5. The second-order valence-electron chi connectivity index (χ2n) is 5.09. The van der Waals surface area contributed by atoms with Crippen molar-refractivity contribution in [3.05, 3.63) is 59.8 Å². The van der Waals surface area contributed by atoms with Crippen LogP contribution in [0.25, 0.3) is 21.7 Å². The van der Waals surface area contributed by atoms with E-state index in [2.05, 4.69) is 25.4 Å². The number of aryl methyl sites for hydroxylation is 1. The molecule has 0 aliphatic heterocycles. The van der Waals surface area contributed by atoms with E-state index in [0.29, 0.717) is 17.1 Å². The molecule has 4 rings (SSSR count). The van der Waals surface area contributed by atoms with Crippen LogP contribution in [0.15, 0.2) is 48.5 Å². The molecule has 0 saturated heterocycles. The van der Waals surface area contributed by atoms with Crippen LogP contribution >= 0.6 is 11.3 Å². The molecule has 1 amide bonds. The number of pyridine rings is 1. The Kier molecular flexibility index (Phi) is 3.51. The van der Waals surface area contributed by atoms with Gasteiger partial charge in [0.15, 0.2) is 10.8 Å². The van der Waals surface area contributed by atoms with Gasteiger partial charge >= 0.3 is 0 Å². The van der Waals surface area contributed by atoms with Gasteiger partial charge in [0, 0.05) is 35.6 Å². The lowest BCUT2D eigenvalue weighted by Gasteiger charge is -2.09. The van der Waals surface area contributed by atoms with E-state index in [4.69, 9.17) is 0 Å². The van der Waals surface area contributed by atoms with Gasteiger partial charge in [-0.3, -0.25) is 19.9 Å². The Morgan fingerprint density at radius 3 is 2.92 bits per heavy atom. The third-order valence-electron chi connectivity index (χ3n) is 3.57. The number of carbonyl (C=O) groups excluding carboxylic acids is 1. The first-order valence-corrected chi connectivity index (χ1v) is 8.06. The van der Waals surface area contributed by atoms with E-state index in [1.807, 2.05) is 17.5 Å². The molecular formula is C16H12N6OS. The predicted molar refractivity (Wildman–Crippen MR) is 91.3 cm³/mol. The van der Waals surface area contributed by atoms with Crippen molar-refractivity contribution in [1.29, 1.82) is 0 Å². The van der Waals surface area contributed by atoms with Crippen molar-refractivity contribution in [2.75, 3.05) is 5.43 Å². The number of fused-ring (bicyclic) bond motifs is 1. The van der Waals surface area contributed by atoms with Crippen LogP contribution in [0, 0.1) is 6.92 Å². The van der Waals surface area contributed by atoms with Crippen LogP contribution in [0.2, 0.25) is 0 Å². The number of aromatic nitrogens is 5. The third kappa shape index (κ3) is 2.52. The number of thiazole rings is 1. The van der Waals surface area contributed by atoms with Crippen LogP contribution in [0.5, 0.6) is 0 Å². The van der Waals surface area contributed by atoms with Crippen molar-refractivity contribution in [3.63, 3.8) is 0 Å². The average Bonchev–Trinajstić information content (AvgIpc) is 3.25. The molecule has 4 heterocycles. The summed E-state index contributed by atoms with van der Waals surface area (Å²) in [4.78, 5) is 29.4. The first-order valence-electron chi connectivity index (χ1n) is 7.18. The van der Waals surface area contributed by atoms with Crippen LogP contribution in [-0.4, -0.2) is 30.5 Å². The molecule has 0 unspecified atom stereocenters. The van der Waals surface area contributed by atoms with Gasteiger partial charge in [-0.05, 0) is 19.1 Å².